The van der Waals surface area contributed by atoms with Crippen molar-refractivity contribution in [3.8, 4) is 5.75 Å². The Morgan fingerprint density at radius 1 is 1.14 bits per heavy atom. The van der Waals surface area contributed by atoms with Gasteiger partial charge in [0.25, 0.3) is 5.91 Å². The van der Waals surface area contributed by atoms with Crippen LogP contribution in [-0.2, 0) is 9.59 Å². The van der Waals surface area contributed by atoms with E-state index >= 15 is 0 Å². The van der Waals surface area contributed by atoms with Gasteiger partial charge in [-0.3, -0.25) is 9.59 Å². The predicted octanol–water partition coefficient (Wildman–Crippen LogP) is 1.79. The second-order valence-corrected chi connectivity index (χ2v) is 4.96. The monoisotopic (exact) mass is 292 g/mol. The molecule has 1 aromatic carbocycles. The summed E-state index contributed by atoms with van der Waals surface area (Å²) in [6, 6.07) is 7.52. The number of amides is 2. The standard InChI is InChI=1S/C16H24N2O3/c1-4-10-17-15(19)9-11-18-16(20)13(3)21-14-7-5-12(2)6-8-14/h5-8,13H,4,9-11H2,1-3H3,(H,17,19)(H,18,20). The lowest BCUT2D eigenvalue weighted by molar-refractivity contribution is -0.127. The first-order valence-corrected chi connectivity index (χ1v) is 7.30. The number of benzene rings is 1. The molecular formula is C16H24N2O3. The van der Waals surface area contributed by atoms with Crippen molar-refractivity contribution in [3.63, 3.8) is 0 Å². The van der Waals surface area contributed by atoms with Crippen molar-refractivity contribution in [2.24, 2.45) is 0 Å². The molecule has 5 nitrogen and oxygen atoms in total. The molecule has 0 aliphatic rings. The molecule has 1 rings (SSSR count). The van der Waals surface area contributed by atoms with E-state index in [1.807, 2.05) is 38.1 Å². The molecular weight excluding hydrogens is 268 g/mol. The van der Waals surface area contributed by atoms with E-state index in [9.17, 15) is 9.59 Å². The summed E-state index contributed by atoms with van der Waals surface area (Å²) in [5.74, 6) is 0.382. The Morgan fingerprint density at radius 2 is 1.81 bits per heavy atom. The Bertz CT molecular complexity index is 457. The number of nitrogens with one attached hydrogen (secondary N) is 2. The third-order valence-corrected chi connectivity index (χ3v) is 2.93. The molecule has 1 atom stereocenters. The molecule has 0 aliphatic carbocycles. The largest absolute Gasteiger partial charge is 0.481 e. The van der Waals surface area contributed by atoms with Crippen LogP contribution in [0, 0.1) is 6.92 Å². The molecule has 21 heavy (non-hydrogen) atoms. The molecule has 5 heteroatoms. The zero-order valence-electron chi connectivity index (χ0n) is 12.9. The third-order valence-electron chi connectivity index (χ3n) is 2.93. The zero-order valence-corrected chi connectivity index (χ0v) is 12.9. The fraction of sp³-hybridized carbons (Fsp3) is 0.500. The zero-order chi connectivity index (χ0) is 15.7. The minimum Gasteiger partial charge on any atom is -0.481 e. The Balaban J connectivity index is 2.28. The molecule has 0 aliphatic heterocycles. The van der Waals surface area contributed by atoms with Gasteiger partial charge in [-0.2, -0.15) is 0 Å². The van der Waals surface area contributed by atoms with Crippen molar-refractivity contribution in [2.75, 3.05) is 13.1 Å². The van der Waals surface area contributed by atoms with E-state index < -0.39 is 6.10 Å². The average Bonchev–Trinajstić information content (AvgIpc) is 2.47. The smallest absolute Gasteiger partial charge is 0.260 e. The van der Waals surface area contributed by atoms with Crippen LogP contribution in [0.5, 0.6) is 5.75 Å². The van der Waals surface area contributed by atoms with Crippen LogP contribution in [0.3, 0.4) is 0 Å². The number of carbonyl (C=O) groups is 2. The van der Waals surface area contributed by atoms with Gasteiger partial charge in [-0.15, -0.1) is 0 Å². The lowest BCUT2D eigenvalue weighted by Gasteiger charge is -2.14. The highest BCUT2D eigenvalue weighted by Crippen LogP contribution is 2.13. The number of hydrogen-bond donors (Lipinski definition) is 2. The number of ether oxygens (including phenoxy) is 1. The van der Waals surface area contributed by atoms with E-state index in [4.69, 9.17) is 4.74 Å². The summed E-state index contributed by atoms with van der Waals surface area (Å²) in [5.41, 5.74) is 1.14. The van der Waals surface area contributed by atoms with Crippen LogP contribution in [0.4, 0.5) is 0 Å². The van der Waals surface area contributed by atoms with Gasteiger partial charge < -0.3 is 15.4 Å². The fourth-order valence-electron chi connectivity index (χ4n) is 1.67. The van der Waals surface area contributed by atoms with Crippen LogP contribution >= 0.6 is 0 Å². The van der Waals surface area contributed by atoms with Gasteiger partial charge in [0.15, 0.2) is 6.10 Å². The number of hydrogen-bond acceptors (Lipinski definition) is 3. The molecule has 0 aromatic heterocycles. The summed E-state index contributed by atoms with van der Waals surface area (Å²) < 4.78 is 5.54. The van der Waals surface area contributed by atoms with Gasteiger partial charge in [0.2, 0.25) is 5.91 Å². The highest BCUT2D eigenvalue weighted by atomic mass is 16.5. The van der Waals surface area contributed by atoms with Crippen molar-refractivity contribution in [2.45, 2.75) is 39.7 Å². The molecule has 0 spiro atoms. The van der Waals surface area contributed by atoms with E-state index in [1.54, 1.807) is 6.92 Å². The van der Waals surface area contributed by atoms with Crippen molar-refractivity contribution < 1.29 is 14.3 Å². The van der Waals surface area contributed by atoms with Crippen LogP contribution in [0.15, 0.2) is 24.3 Å². The maximum Gasteiger partial charge on any atom is 0.260 e. The topological polar surface area (TPSA) is 67.4 Å². The normalized spacial score (nSPS) is 11.6. The molecule has 0 radical (unpaired) electrons. The molecule has 0 heterocycles. The maximum atomic E-state index is 11.8. The van der Waals surface area contributed by atoms with E-state index in [0.29, 0.717) is 18.8 Å². The van der Waals surface area contributed by atoms with Crippen LogP contribution < -0.4 is 15.4 Å². The molecule has 0 fully saturated rings. The second kappa shape index (κ2) is 9.00. The van der Waals surface area contributed by atoms with Crippen LogP contribution in [0.1, 0.15) is 32.3 Å². The minimum absolute atomic E-state index is 0.0516. The van der Waals surface area contributed by atoms with Crippen molar-refractivity contribution in [3.05, 3.63) is 29.8 Å². The van der Waals surface area contributed by atoms with Gasteiger partial charge in [-0.1, -0.05) is 24.6 Å². The van der Waals surface area contributed by atoms with Crippen molar-refractivity contribution >= 4 is 11.8 Å². The van der Waals surface area contributed by atoms with Gasteiger partial charge in [0.1, 0.15) is 5.75 Å². The Hall–Kier alpha value is -2.04. The summed E-state index contributed by atoms with van der Waals surface area (Å²) in [5, 5.41) is 5.46. The Morgan fingerprint density at radius 3 is 2.43 bits per heavy atom. The minimum atomic E-state index is -0.591. The second-order valence-electron chi connectivity index (χ2n) is 4.96. The molecule has 1 unspecified atom stereocenters. The highest BCUT2D eigenvalue weighted by Gasteiger charge is 2.14. The number of carbonyl (C=O) groups excluding carboxylic acids is 2. The van der Waals surface area contributed by atoms with E-state index in [-0.39, 0.29) is 18.2 Å². The molecule has 2 N–H and O–H groups in total. The summed E-state index contributed by atoms with van der Waals surface area (Å²) in [7, 11) is 0. The fourth-order valence-corrected chi connectivity index (χ4v) is 1.67. The summed E-state index contributed by atoms with van der Waals surface area (Å²) in [4.78, 5) is 23.2. The van der Waals surface area contributed by atoms with Crippen LogP contribution in [0.2, 0.25) is 0 Å². The van der Waals surface area contributed by atoms with Crippen molar-refractivity contribution in [1.29, 1.82) is 0 Å². The van der Waals surface area contributed by atoms with E-state index in [1.165, 1.54) is 0 Å². The van der Waals surface area contributed by atoms with Crippen LogP contribution in [-0.4, -0.2) is 31.0 Å². The number of aryl methyl sites for hydroxylation is 1. The first kappa shape index (κ1) is 17.0. The first-order valence-electron chi connectivity index (χ1n) is 7.30. The average molecular weight is 292 g/mol. The molecule has 1 aromatic rings. The lowest BCUT2D eigenvalue weighted by Crippen LogP contribution is -2.38. The van der Waals surface area contributed by atoms with Gasteiger partial charge in [-0.25, -0.2) is 0 Å². The van der Waals surface area contributed by atoms with Gasteiger partial charge >= 0.3 is 0 Å². The molecule has 0 bridgehead atoms. The summed E-state index contributed by atoms with van der Waals surface area (Å²) in [6.07, 6.45) is 0.592. The number of rotatable bonds is 8. The highest BCUT2D eigenvalue weighted by molar-refractivity contribution is 5.82. The SMILES string of the molecule is CCCNC(=O)CCNC(=O)C(C)Oc1ccc(C)cc1. The molecule has 116 valence electrons. The first-order chi connectivity index (χ1) is 10.0. The summed E-state index contributed by atoms with van der Waals surface area (Å²) >= 11 is 0. The molecule has 0 saturated heterocycles. The van der Waals surface area contributed by atoms with Crippen molar-refractivity contribution in [1.82, 2.24) is 10.6 Å². The van der Waals surface area contributed by atoms with E-state index in [2.05, 4.69) is 10.6 Å². The molecule has 2 amide bonds. The summed E-state index contributed by atoms with van der Waals surface area (Å²) in [6.45, 7) is 6.65. The van der Waals surface area contributed by atoms with Gasteiger partial charge in [0.05, 0.1) is 0 Å². The van der Waals surface area contributed by atoms with E-state index in [0.717, 1.165) is 12.0 Å². The van der Waals surface area contributed by atoms with Gasteiger partial charge in [-0.05, 0) is 32.4 Å². The predicted molar refractivity (Wildman–Crippen MR) is 82.2 cm³/mol. The molecule has 0 saturated carbocycles. The maximum absolute atomic E-state index is 11.8. The Kier molecular flexibility index (Phi) is 7.29. The van der Waals surface area contributed by atoms with Crippen LogP contribution in [0.25, 0.3) is 0 Å². The van der Waals surface area contributed by atoms with Gasteiger partial charge in [0, 0.05) is 19.5 Å². The quantitative estimate of drug-likeness (QED) is 0.767. The Labute approximate surface area is 126 Å². The lowest BCUT2D eigenvalue weighted by atomic mass is 10.2. The third kappa shape index (κ3) is 6.79.